The van der Waals surface area contributed by atoms with Crippen molar-refractivity contribution < 1.29 is 4.42 Å². The number of aromatic nitrogens is 8. The molecular formula is C108H64N8O. The van der Waals surface area contributed by atoms with E-state index in [1.54, 1.807) is 0 Å². The minimum absolute atomic E-state index is 0.547. The zero-order valence-corrected chi connectivity index (χ0v) is 62.9. The Morgan fingerprint density at radius 1 is 0.188 bits per heavy atom. The molecule has 0 bridgehead atoms. The van der Waals surface area contributed by atoms with Gasteiger partial charge in [-0.25, -0.2) is 29.9 Å². The topological polar surface area (TPSA) is 100 Å². The van der Waals surface area contributed by atoms with Crippen LogP contribution in [0.25, 0.3) is 243 Å². The normalized spacial score (nSPS) is 11.9. The molecule has 0 N–H and O–H groups in total. The van der Waals surface area contributed by atoms with Gasteiger partial charge in [0.25, 0.3) is 0 Å². The van der Waals surface area contributed by atoms with Crippen molar-refractivity contribution in [3.05, 3.63) is 388 Å². The van der Waals surface area contributed by atoms with E-state index in [1.807, 2.05) is 60.7 Å². The number of fused-ring (bicyclic) bond motifs is 21. The monoisotopic (exact) mass is 1490 g/mol. The summed E-state index contributed by atoms with van der Waals surface area (Å²) in [5.41, 5.74) is 19.5. The molecule has 0 saturated carbocycles. The van der Waals surface area contributed by atoms with Gasteiger partial charge in [0.1, 0.15) is 11.2 Å². The number of benzene rings is 19. The average Bonchev–Trinajstić information content (AvgIpc) is 1.69. The smallest absolute Gasteiger partial charge is 0.166 e. The van der Waals surface area contributed by atoms with E-state index < -0.39 is 0 Å². The highest BCUT2D eigenvalue weighted by Gasteiger charge is 2.28. The molecule has 0 fully saturated rings. The Kier molecular flexibility index (Phi) is 14.9. The molecule has 0 aliphatic carbocycles. The Morgan fingerprint density at radius 2 is 0.564 bits per heavy atom. The second kappa shape index (κ2) is 26.4. The Balaban J connectivity index is 0.694. The molecule has 542 valence electrons. The molecule has 24 rings (SSSR count). The van der Waals surface area contributed by atoms with Gasteiger partial charge in [0.2, 0.25) is 0 Å². The quantitative estimate of drug-likeness (QED) is 0.119. The third-order valence-corrected chi connectivity index (χ3v) is 23.8. The third-order valence-electron chi connectivity index (χ3n) is 23.8. The maximum atomic E-state index is 6.80. The van der Waals surface area contributed by atoms with E-state index in [4.69, 9.17) is 34.3 Å². The SMILES string of the molecule is c1ccc(-c2nc(-c3ccccc3)nc(-c3cc4c5ccccc5c5ccccc5c4cc3-c3cccc4c5cc(-c6ccc(-c7nc(-c8ccccc8)nc(-c8cc9c%10ccccc%10c%10ccccc%10c9cc8-n8c9ccccc9c9c(-c%10cccc%11c%10oc%10ccccc%10%11)cccc98)n7)cc6)ccc5n(-c5ccccc5)c34)n2)cc1. The van der Waals surface area contributed by atoms with Gasteiger partial charge >= 0.3 is 0 Å². The van der Waals surface area contributed by atoms with Gasteiger partial charge in [-0.05, 0) is 154 Å². The van der Waals surface area contributed by atoms with E-state index in [0.29, 0.717) is 34.9 Å². The Hall–Kier alpha value is -15.8. The average molecular weight is 1490 g/mol. The third kappa shape index (κ3) is 10.5. The fourth-order valence-corrected chi connectivity index (χ4v) is 18.5. The number of hydrogen-bond donors (Lipinski definition) is 0. The summed E-state index contributed by atoms with van der Waals surface area (Å²) in [4.78, 5) is 32.9. The van der Waals surface area contributed by atoms with Gasteiger partial charge in [0, 0.05) is 82.5 Å². The summed E-state index contributed by atoms with van der Waals surface area (Å²) in [6, 6.07) is 139. The first-order chi connectivity index (χ1) is 58.0. The van der Waals surface area contributed by atoms with Gasteiger partial charge in [-0.15, -0.1) is 0 Å². The Morgan fingerprint density at radius 3 is 1.13 bits per heavy atom. The van der Waals surface area contributed by atoms with Crippen molar-refractivity contribution in [2.24, 2.45) is 0 Å². The van der Waals surface area contributed by atoms with Crippen LogP contribution in [-0.4, -0.2) is 39.0 Å². The molecule has 0 aliphatic rings. The van der Waals surface area contributed by atoms with E-state index in [-0.39, 0.29) is 0 Å². The van der Waals surface area contributed by atoms with Crippen molar-refractivity contribution in [3.8, 4) is 113 Å². The highest BCUT2D eigenvalue weighted by atomic mass is 16.3. The fraction of sp³-hybridized carbons (Fsp3) is 0. The highest BCUT2D eigenvalue weighted by molar-refractivity contribution is 6.29. The molecule has 5 heterocycles. The zero-order valence-electron chi connectivity index (χ0n) is 62.9. The lowest BCUT2D eigenvalue weighted by atomic mass is 9.88. The van der Waals surface area contributed by atoms with Crippen molar-refractivity contribution in [3.63, 3.8) is 0 Å². The fourth-order valence-electron chi connectivity index (χ4n) is 18.5. The predicted molar refractivity (Wildman–Crippen MR) is 483 cm³/mol. The van der Waals surface area contributed by atoms with E-state index >= 15 is 0 Å². The van der Waals surface area contributed by atoms with E-state index in [9.17, 15) is 0 Å². The zero-order chi connectivity index (χ0) is 76.8. The molecule has 0 aliphatic heterocycles. The molecule has 19 aromatic carbocycles. The van der Waals surface area contributed by atoms with Crippen molar-refractivity contribution in [2.45, 2.75) is 0 Å². The summed E-state index contributed by atoms with van der Waals surface area (Å²) in [5.74, 6) is 3.44. The van der Waals surface area contributed by atoms with E-state index in [2.05, 4.69) is 337 Å². The van der Waals surface area contributed by atoms with Gasteiger partial charge in [-0.1, -0.05) is 322 Å². The van der Waals surface area contributed by atoms with Gasteiger partial charge in [0.15, 0.2) is 34.9 Å². The van der Waals surface area contributed by atoms with Crippen molar-refractivity contribution in [1.82, 2.24) is 39.0 Å². The lowest BCUT2D eigenvalue weighted by Crippen LogP contribution is -2.04. The van der Waals surface area contributed by atoms with Crippen LogP contribution < -0.4 is 0 Å². The highest BCUT2D eigenvalue weighted by Crippen LogP contribution is 2.50. The molecule has 0 atom stereocenters. The molecule has 9 heteroatoms. The van der Waals surface area contributed by atoms with E-state index in [0.717, 1.165) is 181 Å². The van der Waals surface area contributed by atoms with Crippen LogP contribution in [0.2, 0.25) is 0 Å². The minimum Gasteiger partial charge on any atom is -0.455 e. The standard InChI is InChI=1S/C108H64N8O/c1-5-28-66(29-6-1)103-109-104(67-30-7-2-8-31-67)112-107(111-103)93-62-88-77-41-18-14-37-73(77)72-36-13-17-40-76(72)87(88)61-90(93)82-47-25-48-83-92-60-70(58-59-96(92)115(101(82)83)71-34-11-4-12-35-71)65-54-56-69(57-55-65)106-110-105(68-32-9-3-10-33-68)113-108(114-106)94-63-89-78-42-19-15-38-74(78)75-39-16-20-43-79(75)91(89)64-98(94)116-95-51-23-21-45-86(95)100-81(46-27-52-97(100)116)85-50-26-49-84-80-44-22-24-53-99(80)117-102(84)85/h1-64H. The first kappa shape index (κ1) is 65.8. The maximum absolute atomic E-state index is 6.80. The van der Waals surface area contributed by atoms with Crippen molar-refractivity contribution in [2.75, 3.05) is 0 Å². The predicted octanol–water partition coefficient (Wildman–Crippen LogP) is 28.1. The van der Waals surface area contributed by atoms with Crippen LogP contribution >= 0.6 is 0 Å². The maximum Gasteiger partial charge on any atom is 0.166 e. The molecule has 0 amide bonds. The molecule has 5 aromatic heterocycles. The molecule has 0 saturated heterocycles. The number of hydrogen-bond acceptors (Lipinski definition) is 7. The second-order valence-corrected chi connectivity index (χ2v) is 30.3. The summed E-state index contributed by atoms with van der Waals surface area (Å²) in [7, 11) is 0. The molecule has 9 nitrogen and oxygen atoms in total. The van der Waals surface area contributed by atoms with Crippen LogP contribution in [0.1, 0.15) is 0 Å². The summed E-state index contributed by atoms with van der Waals surface area (Å²) in [6.07, 6.45) is 0. The van der Waals surface area contributed by atoms with E-state index in [1.165, 1.54) is 26.9 Å². The summed E-state index contributed by atoms with van der Waals surface area (Å²) in [5, 5.41) is 20.5. The van der Waals surface area contributed by atoms with Gasteiger partial charge in [-0.2, -0.15) is 0 Å². The number of furan rings is 1. The van der Waals surface area contributed by atoms with Gasteiger partial charge in [-0.3, -0.25) is 0 Å². The van der Waals surface area contributed by atoms with Crippen LogP contribution in [0.4, 0.5) is 0 Å². The number of nitrogens with zero attached hydrogens (tertiary/aromatic N) is 8. The van der Waals surface area contributed by atoms with Gasteiger partial charge in [0.05, 0.1) is 27.8 Å². The Bertz CT molecular complexity index is 8180. The Labute approximate surface area is 670 Å². The van der Waals surface area contributed by atoms with Crippen molar-refractivity contribution >= 4 is 130 Å². The molecule has 0 spiro atoms. The van der Waals surface area contributed by atoms with Gasteiger partial charge < -0.3 is 13.6 Å². The molecule has 24 aromatic rings. The molecule has 117 heavy (non-hydrogen) atoms. The lowest BCUT2D eigenvalue weighted by Gasteiger charge is -2.18. The van der Waals surface area contributed by atoms with Crippen LogP contribution in [0.3, 0.4) is 0 Å². The lowest BCUT2D eigenvalue weighted by molar-refractivity contribution is 0.670. The first-order valence-electron chi connectivity index (χ1n) is 39.6. The van der Waals surface area contributed by atoms with Crippen molar-refractivity contribution in [1.29, 1.82) is 0 Å². The largest absolute Gasteiger partial charge is 0.455 e. The first-order valence-corrected chi connectivity index (χ1v) is 39.6. The minimum atomic E-state index is 0.547. The molecule has 0 radical (unpaired) electrons. The molecular weight excluding hydrogens is 1430 g/mol. The summed E-state index contributed by atoms with van der Waals surface area (Å²) in [6.45, 7) is 0. The molecule has 0 unspecified atom stereocenters. The van der Waals surface area contributed by atoms with Crippen LogP contribution in [0.5, 0.6) is 0 Å². The van der Waals surface area contributed by atoms with Crippen LogP contribution in [0, 0.1) is 0 Å². The summed E-state index contributed by atoms with van der Waals surface area (Å²) < 4.78 is 11.7. The summed E-state index contributed by atoms with van der Waals surface area (Å²) >= 11 is 0. The van der Waals surface area contributed by atoms with Crippen LogP contribution in [0.15, 0.2) is 393 Å². The second-order valence-electron chi connectivity index (χ2n) is 30.3. The number of rotatable bonds is 11. The number of para-hydroxylation sites is 5. The van der Waals surface area contributed by atoms with Crippen LogP contribution in [-0.2, 0) is 0 Å².